The summed E-state index contributed by atoms with van der Waals surface area (Å²) in [5.41, 5.74) is 5.29. The Morgan fingerprint density at radius 3 is 2.55 bits per heavy atom. The first kappa shape index (κ1) is 24.5. The number of amides is 2. The van der Waals surface area contributed by atoms with Gasteiger partial charge in [0.05, 0.1) is 17.7 Å². The predicted octanol–water partition coefficient (Wildman–Crippen LogP) is 4.30. The molecule has 0 saturated heterocycles. The molecule has 0 atom stereocenters. The van der Waals surface area contributed by atoms with Crippen LogP contribution in [0.5, 0.6) is 5.75 Å². The van der Waals surface area contributed by atoms with Crippen molar-refractivity contribution in [3.63, 3.8) is 0 Å². The molecule has 2 amide bonds. The van der Waals surface area contributed by atoms with E-state index in [0.717, 1.165) is 21.2 Å². The summed E-state index contributed by atoms with van der Waals surface area (Å²) in [6.45, 7) is 5.21. The van der Waals surface area contributed by atoms with Gasteiger partial charge in [0.2, 0.25) is 0 Å². The first-order valence-corrected chi connectivity index (χ1v) is 12.4. The van der Waals surface area contributed by atoms with Crippen molar-refractivity contribution >= 4 is 41.1 Å². The van der Waals surface area contributed by atoms with Crippen molar-refractivity contribution in [3.05, 3.63) is 65.5 Å². The Morgan fingerprint density at radius 1 is 1.12 bits per heavy atom. The molecule has 1 heterocycles. The fourth-order valence-corrected chi connectivity index (χ4v) is 4.49. The maximum absolute atomic E-state index is 12.1. The topological polar surface area (TPSA) is 83.9 Å². The van der Waals surface area contributed by atoms with Gasteiger partial charge in [0, 0.05) is 24.0 Å². The fourth-order valence-electron chi connectivity index (χ4n) is 2.87. The summed E-state index contributed by atoms with van der Waals surface area (Å²) >= 11 is 2.89. The fraction of sp³-hybridized carbons (Fsp3) is 0.250. The van der Waals surface area contributed by atoms with Gasteiger partial charge in [-0.1, -0.05) is 42.1 Å². The molecule has 0 aliphatic rings. The number of ether oxygens (including phenoxy) is 1. The molecule has 1 N–H and O–H groups in total. The smallest absolute Gasteiger partial charge is 0.260 e. The van der Waals surface area contributed by atoms with Crippen LogP contribution in [0, 0.1) is 0 Å². The standard InChI is InChI=1S/C24H26N4O3S2/c1-3-28(4-2)23(30)15-31-20-12-10-18(11-13-20)14-25-27-22(29)17-33-24-26-21(16-32-24)19-8-6-5-7-9-19/h5-14,16H,3-4,15,17H2,1-2H3,(H,27,29)/b25-14+. The first-order valence-electron chi connectivity index (χ1n) is 10.5. The van der Waals surface area contributed by atoms with Gasteiger partial charge in [-0.05, 0) is 43.7 Å². The molecule has 0 spiro atoms. The minimum atomic E-state index is -0.206. The molecule has 172 valence electrons. The monoisotopic (exact) mass is 482 g/mol. The third-order valence-electron chi connectivity index (χ3n) is 4.64. The molecule has 0 aliphatic carbocycles. The van der Waals surface area contributed by atoms with Crippen molar-refractivity contribution in [1.82, 2.24) is 15.3 Å². The van der Waals surface area contributed by atoms with Crippen molar-refractivity contribution in [2.24, 2.45) is 5.10 Å². The third kappa shape index (κ3) is 7.73. The van der Waals surface area contributed by atoms with Crippen molar-refractivity contribution in [1.29, 1.82) is 0 Å². The van der Waals surface area contributed by atoms with Gasteiger partial charge in [0.1, 0.15) is 5.75 Å². The number of thiazole rings is 1. The van der Waals surface area contributed by atoms with E-state index < -0.39 is 0 Å². The zero-order valence-corrected chi connectivity index (χ0v) is 20.2. The number of nitrogens with zero attached hydrogens (tertiary/aromatic N) is 3. The van der Waals surface area contributed by atoms with Crippen LogP contribution in [0.25, 0.3) is 11.3 Å². The van der Waals surface area contributed by atoms with Crippen LogP contribution in [-0.4, -0.2) is 53.4 Å². The Morgan fingerprint density at radius 2 is 1.85 bits per heavy atom. The number of thioether (sulfide) groups is 1. The molecular formula is C24H26N4O3S2. The maximum atomic E-state index is 12.1. The Balaban J connectivity index is 1.40. The number of hydrogen-bond donors (Lipinski definition) is 1. The second kappa shape index (κ2) is 12.8. The van der Waals surface area contributed by atoms with Crippen molar-refractivity contribution < 1.29 is 14.3 Å². The molecule has 2 aromatic carbocycles. The summed E-state index contributed by atoms with van der Waals surface area (Å²) < 4.78 is 6.38. The minimum Gasteiger partial charge on any atom is -0.484 e. The lowest BCUT2D eigenvalue weighted by atomic mass is 10.2. The zero-order valence-electron chi connectivity index (χ0n) is 18.6. The second-order valence-electron chi connectivity index (χ2n) is 6.87. The second-order valence-corrected chi connectivity index (χ2v) is 8.95. The summed E-state index contributed by atoms with van der Waals surface area (Å²) in [5, 5.41) is 5.99. The molecule has 0 radical (unpaired) electrons. The van der Waals surface area contributed by atoms with E-state index in [1.54, 1.807) is 23.2 Å². The quantitative estimate of drug-likeness (QED) is 0.250. The zero-order chi connectivity index (χ0) is 23.5. The van der Waals surface area contributed by atoms with Crippen LogP contribution >= 0.6 is 23.1 Å². The van der Waals surface area contributed by atoms with Gasteiger partial charge >= 0.3 is 0 Å². The van der Waals surface area contributed by atoms with E-state index in [2.05, 4.69) is 15.5 Å². The van der Waals surface area contributed by atoms with E-state index in [-0.39, 0.29) is 24.2 Å². The van der Waals surface area contributed by atoms with Gasteiger partial charge in [-0.2, -0.15) is 5.10 Å². The number of likely N-dealkylation sites (N-methyl/N-ethyl adjacent to an activating group) is 1. The number of rotatable bonds is 11. The van der Waals surface area contributed by atoms with Gasteiger partial charge < -0.3 is 9.64 Å². The number of carbonyl (C=O) groups excluding carboxylic acids is 2. The number of hydrogen-bond acceptors (Lipinski definition) is 7. The van der Waals surface area contributed by atoms with Crippen LogP contribution in [0.4, 0.5) is 0 Å². The molecule has 9 heteroatoms. The lowest BCUT2D eigenvalue weighted by molar-refractivity contribution is -0.133. The summed E-state index contributed by atoms with van der Waals surface area (Å²) in [6, 6.07) is 17.1. The molecule has 1 aromatic heterocycles. The van der Waals surface area contributed by atoms with Crippen molar-refractivity contribution in [2.45, 2.75) is 18.2 Å². The molecule has 3 rings (SSSR count). The molecule has 0 unspecified atom stereocenters. The van der Waals surface area contributed by atoms with Crippen molar-refractivity contribution in [3.8, 4) is 17.0 Å². The Labute approximate surface area is 201 Å². The van der Waals surface area contributed by atoms with E-state index in [1.807, 2.05) is 61.7 Å². The van der Waals surface area contributed by atoms with Gasteiger partial charge in [0.15, 0.2) is 10.9 Å². The molecule has 3 aromatic rings. The largest absolute Gasteiger partial charge is 0.484 e. The van der Waals surface area contributed by atoms with Crippen molar-refractivity contribution in [2.75, 3.05) is 25.4 Å². The molecule has 0 aliphatic heterocycles. The average molecular weight is 483 g/mol. The van der Waals surface area contributed by atoms with E-state index in [1.165, 1.54) is 23.1 Å². The average Bonchev–Trinajstić information content (AvgIpc) is 3.33. The highest BCUT2D eigenvalue weighted by Crippen LogP contribution is 2.27. The van der Waals surface area contributed by atoms with Gasteiger partial charge in [-0.3, -0.25) is 9.59 Å². The Bertz CT molecular complexity index is 1060. The number of benzene rings is 2. The van der Waals surface area contributed by atoms with Crippen LogP contribution < -0.4 is 10.2 Å². The number of hydrazone groups is 1. The highest BCUT2D eigenvalue weighted by molar-refractivity contribution is 8.01. The van der Waals surface area contributed by atoms with E-state index >= 15 is 0 Å². The molecular weight excluding hydrogens is 456 g/mol. The van der Waals surface area contributed by atoms with E-state index in [0.29, 0.717) is 18.8 Å². The van der Waals surface area contributed by atoms with Gasteiger partial charge in [-0.15, -0.1) is 11.3 Å². The molecule has 0 bridgehead atoms. The molecule has 7 nitrogen and oxygen atoms in total. The Hall–Kier alpha value is -3.17. The highest BCUT2D eigenvalue weighted by atomic mass is 32.2. The maximum Gasteiger partial charge on any atom is 0.260 e. The summed E-state index contributed by atoms with van der Waals surface area (Å²) in [6.07, 6.45) is 1.56. The Kier molecular flexibility index (Phi) is 9.46. The first-order chi connectivity index (χ1) is 16.1. The number of aromatic nitrogens is 1. The lowest BCUT2D eigenvalue weighted by Gasteiger charge is -2.18. The summed E-state index contributed by atoms with van der Waals surface area (Å²) in [5.74, 6) is 0.584. The van der Waals surface area contributed by atoms with Crippen LogP contribution in [0.15, 0.2) is 69.4 Å². The highest BCUT2D eigenvalue weighted by Gasteiger charge is 2.10. The van der Waals surface area contributed by atoms with Crippen LogP contribution in [-0.2, 0) is 9.59 Å². The van der Waals surface area contributed by atoms with Crippen LogP contribution in [0.3, 0.4) is 0 Å². The van der Waals surface area contributed by atoms with E-state index in [4.69, 9.17) is 4.74 Å². The molecule has 0 saturated carbocycles. The number of nitrogens with one attached hydrogen (secondary N) is 1. The van der Waals surface area contributed by atoms with Crippen LogP contribution in [0.2, 0.25) is 0 Å². The lowest BCUT2D eigenvalue weighted by Crippen LogP contribution is -2.34. The van der Waals surface area contributed by atoms with Crippen LogP contribution in [0.1, 0.15) is 19.4 Å². The predicted molar refractivity (Wildman–Crippen MR) is 134 cm³/mol. The summed E-state index contributed by atoms with van der Waals surface area (Å²) in [7, 11) is 0. The SMILES string of the molecule is CCN(CC)C(=O)COc1ccc(/C=N/NC(=O)CSc2nc(-c3ccccc3)cs2)cc1. The molecule has 0 fully saturated rings. The van der Waals surface area contributed by atoms with Gasteiger partial charge in [-0.25, -0.2) is 10.4 Å². The van der Waals surface area contributed by atoms with E-state index in [9.17, 15) is 9.59 Å². The minimum absolute atomic E-state index is 0.00871. The molecule has 33 heavy (non-hydrogen) atoms. The normalized spacial score (nSPS) is 10.8. The number of carbonyl (C=O) groups is 2. The summed E-state index contributed by atoms with van der Waals surface area (Å²) in [4.78, 5) is 30.3. The van der Waals surface area contributed by atoms with Gasteiger partial charge in [0.25, 0.3) is 11.8 Å². The third-order valence-corrected chi connectivity index (χ3v) is 6.66.